The number of nitrogens with one attached hydrogen (secondary N) is 1. The fourth-order valence-corrected chi connectivity index (χ4v) is 3.61. The van der Waals surface area contributed by atoms with Crippen LogP contribution in [-0.4, -0.2) is 55.7 Å². The van der Waals surface area contributed by atoms with E-state index in [4.69, 9.17) is 10.5 Å². The molecular weight excluding hydrogens is 302 g/mol. The van der Waals surface area contributed by atoms with E-state index in [1.165, 1.54) is 25.7 Å². The van der Waals surface area contributed by atoms with Crippen LogP contribution in [0, 0.1) is 0 Å². The molecule has 2 aliphatic rings. The monoisotopic (exact) mass is 333 g/mol. The van der Waals surface area contributed by atoms with Crippen molar-refractivity contribution in [3.8, 4) is 0 Å². The molecule has 5 nitrogen and oxygen atoms in total. The molecule has 2 atom stereocenters. The molecule has 2 rings (SSSR count). The average Bonchev–Trinajstić information content (AvgIpc) is 2.76. The minimum absolute atomic E-state index is 0. The van der Waals surface area contributed by atoms with Crippen LogP contribution >= 0.6 is 12.4 Å². The fourth-order valence-electron chi connectivity index (χ4n) is 3.61. The lowest BCUT2D eigenvalue weighted by molar-refractivity contribution is -0.124. The Hall–Kier alpha value is -0.360. The van der Waals surface area contributed by atoms with Crippen molar-refractivity contribution in [3.63, 3.8) is 0 Å². The maximum Gasteiger partial charge on any atom is 0.234 e. The highest BCUT2D eigenvalue weighted by Crippen LogP contribution is 2.20. The average molecular weight is 334 g/mol. The standard InChI is InChI=1S/C16H31N3O2.ClH/c1-21-15-8-9-19(14(10-15)11-17)12-16(20)18-13-6-4-2-3-5-7-13;/h13-15H,2-12,17H2,1H3,(H,18,20);1H. The molecule has 0 aromatic carbocycles. The summed E-state index contributed by atoms with van der Waals surface area (Å²) in [7, 11) is 1.76. The molecular formula is C16H32ClN3O2. The predicted molar refractivity (Wildman–Crippen MR) is 91.3 cm³/mol. The molecule has 1 saturated heterocycles. The minimum atomic E-state index is 0. The number of carbonyl (C=O) groups is 1. The maximum absolute atomic E-state index is 12.3. The van der Waals surface area contributed by atoms with E-state index in [0.717, 1.165) is 32.2 Å². The van der Waals surface area contributed by atoms with Gasteiger partial charge in [0.05, 0.1) is 12.6 Å². The van der Waals surface area contributed by atoms with Gasteiger partial charge >= 0.3 is 0 Å². The lowest BCUT2D eigenvalue weighted by atomic mass is 9.99. The van der Waals surface area contributed by atoms with Gasteiger partial charge in [-0.15, -0.1) is 12.4 Å². The topological polar surface area (TPSA) is 67.6 Å². The Balaban J connectivity index is 0.00000242. The third-order valence-corrected chi connectivity index (χ3v) is 4.96. The highest BCUT2D eigenvalue weighted by molar-refractivity contribution is 5.85. The molecule has 22 heavy (non-hydrogen) atoms. The van der Waals surface area contributed by atoms with Crippen molar-refractivity contribution in [1.29, 1.82) is 0 Å². The number of amides is 1. The largest absolute Gasteiger partial charge is 0.381 e. The number of nitrogens with two attached hydrogens (primary N) is 1. The second-order valence-corrected chi connectivity index (χ2v) is 6.50. The van der Waals surface area contributed by atoms with Crippen molar-refractivity contribution < 1.29 is 9.53 Å². The van der Waals surface area contributed by atoms with Crippen LogP contribution in [0.4, 0.5) is 0 Å². The van der Waals surface area contributed by atoms with Crippen LogP contribution in [0.15, 0.2) is 0 Å². The molecule has 0 radical (unpaired) electrons. The fraction of sp³-hybridized carbons (Fsp3) is 0.938. The number of likely N-dealkylation sites (tertiary alicyclic amines) is 1. The Kier molecular flexibility index (Phi) is 9.33. The molecule has 0 bridgehead atoms. The quantitative estimate of drug-likeness (QED) is 0.751. The molecule has 0 aromatic heterocycles. The summed E-state index contributed by atoms with van der Waals surface area (Å²) in [5.41, 5.74) is 5.86. The molecule has 1 aliphatic heterocycles. The van der Waals surface area contributed by atoms with Crippen molar-refractivity contribution in [2.75, 3.05) is 26.7 Å². The first kappa shape index (κ1) is 19.7. The molecule has 1 aliphatic carbocycles. The number of nitrogens with zero attached hydrogens (tertiary/aromatic N) is 1. The van der Waals surface area contributed by atoms with Crippen LogP contribution in [0.2, 0.25) is 0 Å². The van der Waals surface area contributed by atoms with Crippen molar-refractivity contribution >= 4 is 18.3 Å². The van der Waals surface area contributed by atoms with Gasteiger partial charge in [0.15, 0.2) is 0 Å². The van der Waals surface area contributed by atoms with Crippen molar-refractivity contribution in [2.24, 2.45) is 5.73 Å². The normalized spacial score (nSPS) is 27.7. The summed E-state index contributed by atoms with van der Waals surface area (Å²) in [5, 5.41) is 3.22. The van der Waals surface area contributed by atoms with E-state index >= 15 is 0 Å². The van der Waals surface area contributed by atoms with Crippen molar-refractivity contribution in [2.45, 2.75) is 69.6 Å². The molecule has 2 fully saturated rings. The van der Waals surface area contributed by atoms with E-state index in [0.29, 0.717) is 25.2 Å². The molecule has 0 aromatic rings. The van der Waals surface area contributed by atoms with Gasteiger partial charge in [0.2, 0.25) is 5.91 Å². The van der Waals surface area contributed by atoms with Crippen LogP contribution in [0.1, 0.15) is 51.4 Å². The number of hydrogen-bond donors (Lipinski definition) is 2. The number of hydrogen-bond acceptors (Lipinski definition) is 4. The number of piperidine rings is 1. The Morgan fingerprint density at radius 1 is 1.23 bits per heavy atom. The van der Waals surface area contributed by atoms with Gasteiger partial charge in [0.25, 0.3) is 0 Å². The number of methoxy groups -OCH3 is 1. The molecule has 1 saturated carbocycles. The lowest BCUT2D eigenvalue weighted by Gasteiger charge is -2.38. The lowest BCUT2D eigenvalue weighted by Crippen LogP contribution is -2.52. The van der Waals surface area contributed by atoms with Crippen LogP contribution in [0.3, 0.4) is 0 Å². The van der Waals surface area contributed by atoms with Gasteiger partial charge in [-0.05, 0) is 25.7 Å². The Morgan fingerprint density at radius 2 is 1.91 bits per heavy atom. The molecule has 6 heteroatoms. The second kappa shape index (κ2) is 10.4. The van der Waals surface area contributed by atoms with Gasteiger partial charge in [0.1, 0.15) is 0 Å². The molecule has 1 amide bonds. The summed E-state index contributed by atoms with van der Waals surface area (Å²) in [4.78, 5) is 14.5. The molecule has 3 N–H and O–H groups in total. The van der Waals surface area contributed by atoms with Gasteiger partial charge in [-0.2, -0.15) is 0 Å². The third kappa shape index (κ3) is 6.03. The van der Waals surface area contributed by atoms with Gasteiger partial charge in [-0.25, -0.2) is 0 Å². The second-order valence-electron chi connectivity index (χ2n) is 6.50. The first-order valence-corrected chi connectivity index (χ1v) is 8.49. The Labute approximate surface area is 140 Å². The van der Waals surface area contributed by atoms with Crippen molar-refractivity contribution in [1.82, 2.24) is 10.2 Å². The number of ether oxygens (including phenoxy) is 1. The molecule has 0 spiro atoms. The first-order valence-electron chi connectivity index (χ1n) is 8.49. The third-order valence-electron chi connectivity index (χ3n) is 4.96. The van der Waals surface area contributed by atoms with Crippen LogP contribution in [0.25, 0.3) is 0 Å². The molecule has 2 unspecified atom stereocenters. The zero-order chi connectivity index (χ0) is 15.1. The van der Waals surface area contributed by atoms with Gasteiger partial charge in [-0.3, -0.25) is 9.69 Å². The van der Waals surface area contributed by atoms with Gasteiger partial charge in [0, 0.05) is 32.3 Å². The van der Waals surface area contributed by atoms with E-state index in [2.05, 4.69) is 10.2 Å². The molecule has 130 valence electrons. The highest BCUT2D eigenvalue weighted by atomic mass is 35.5. The number of carbonyl (C=O) groups excluding carboxylic acids is 1. The van der Waals surface area contributed by atoms with E-state index in [9.17, 15) is 4.79 Å². The van der Waals surface area contributed by atoms with Crippen LogP contribution in [0.5, 0.6) is 0 Å². The summed E-state index contributed by atoms with van der Waals surface area (Å²) in [6.07, 6.45) is 9.60. The maximum atomic E-state index is 12.3. The smallest absolute Gasteiger partial charge is 0.234 e. The zero-order valence-electron chi connectivity index (χ0n) is 13.8. The van der Waals surface area contributed by atoms with Gasteiger partial charge < -0.3 is 15.8 Å². The minimum Gasteiger partial charge on any atom is -0.381 e. The molecule has 1 heterocycles. The summed E-state index contributed by atoms with van der Waals surface area (Å²) in [6.45, 7) is 1.98. The summed E-state index contributed by atoms with van der Waals surface area (Å²) in [5.74, 6) is 0.163. The van der Waals surface area contributed by atoms with E-state index < -0.39 is 0 Å². The summed E-state index contributed by atoms with van der Waals surface area (Å²) < 4.78 is 5.43. The summed E-state index contributed by atoms with van der Waals surface area (Å²) >= 11 is 0. The van der Waals surface area contributed by atoms with Crippen molar-refractivity contribution in [3.05, 3.63) is 0 Å². The Morgan fingerprint density at radius 3 is 2.50 bits per heavy atom. The number of halogens is 1. The van der Waals surface area contributed by atoms with E-state index in [1.54, 1.807) is 7.11 Å². The summed E-state index contributed by atoms with van der Waals surface area (Å²) in [6, 6.07) is 0.649. The van der Waals surface area contributed by atoms with E-state index in [1.807, 2.05) is 0 Å². The highest BCUT2D eigenvalue weighted by Gasteiger charge is 2.29. The Bertz CT molecular complexity index is 323. The van der Waals surface area contributed by atoms with Crippen LogP contribution in [-0.2, 0) is 9.53 Å². The first-order chi connectivity index (χ1) is 10.2. The van der Waals surface area contributed by atoms with E-state index in [-0.39, 0.29) is 24.4 Å². The SMILES string of the molecule is COC1CCN(CC(=O)NC2CCCCCC2)C(CN)C1.Cl. The predicted octanol–water partition coefficient (Wildman–Crippen LogP) is 1.69. The van der Waals surface area contributed by atoms with Crippen LogP contribution < -0.4 is 11.1 Å². The zero-order valence-corrected chi connectivity index (χ0v) is 14.6. The number of rotatable bonds is 5. The van der Waals surface area contributed by atoms with Gasteiger partial charge in [-0.1, -0.05) is 25.7 Å².